The van der Waals surface area contributed by atoms with Crippen molar-refractivity contribution in [2.75, 3.05) is 4.90 Å². The van der Waals surface area contributed by atoms with Crippen LogP contribution < -0.4 is 4.90 Å². The van der Waals surface area contributed by atoms with Crippen LogP contribution in [-0.4, -0.2) is 0 Å². The van der Waals surface area contributed by atoms with Crippen molar-refractivity contribution in [3.05, 3.63) is 237 Å². The summed E-state index contributed by atoms with van der Waals surface area (Å²) < 4.78 is 0. The second kappa shape index (κ2) is 15.0. The Morgan fingerprint density at radius 3 is 1.12 bits per heavy atom. The van der Waals surface area contributed by atoms with E-state index in [9.17, 15) is 0 Å². The van der Waals surface area contributed by atoms with Crippen LogP contribution in [0.3, 0.4) is 0 Å². The largest absolute Gasteiger partial charge is 0.310 e. The third-order valence-corrected chi connectivity index (χ3v) is 11.0. The summed E-state index contributed by atoms with van der Waals surface area (Å²) in [7, 11) is 0. The molecule has 10 aromatic rings. The van der Waals surface area contributed by atoms with E-state index in [0.29, 0.717) is 0 Å². The molecule has 0 N–H and O–H groups in total. The van der Waals surface area contributed by atoms with Crippen LogP contribution >= 0.6 is 0 Å². The number of hydrogen-bond acceptors (Lipinski definition) is 1. The summed E-state index contributed by atoms with van der Waals surface area (Å²) in [5.74, 6) is 0. The SMILES string of the molecule is c1ccc(-c2c(-c3ccccc3)c(-c3ccccc3)c3cc(-c4cccc5c(N(c6ccccc6)c6ccccc6)cccc45)ccc3c2-c2ccccc2)cc1. The maximum atomic E-state index is 2.44. The molecule has 1 heteroatoms. The van der Waals surface area contributed by atoms with Crippen molar-refractivity contribution in [2.24, 2.45) is 0 Å². The summed E-state index contributed by atoms with van der Waals surface area (Å²) in [5.41, 5.74) is 15.5. The predicted octanol–water partition coefficient (Wildman–Crippen LogP) is 15.8. The Balaban J connectivity index is 1.29. The zero-order valence-electron chi connectivity index (χ0n) is 31.5. The highest BCUT2D eigenvalue weighted by Gasteiger charge is 2.25. The first-order valence-corrected chi connectivity index (χ1v) is 19.6. The molecule has 0 amide bonds. The molecule has 0 spiro atoms. The van der Waals surface area contributed by atoms with Gasteiger partial charge in [-0.3, -0.25) is 0 Å². The molecular formula is C56H39N. The lowest BCUT2D eigenvalue weighted by Gasteiger charge is -2.27. The van der Waals surface area contributed by atoms with E-state index in [4.69, 9.17) is 0 Å². The van der Waals surface area contributed by atoms with Gasteiger partial charge in [0.05, 0.1) is 5.69 Å². The van der Waals surface area contributed by atoms with E-state index in [1.807, 2.05) is 0 Å². The summed E-state index contributed by atoms with van der Waals surface area (Å²) >= 11 is 0. The molecule has 0 aliphatic carbocycles. The lowest BCUT2D eigenvalue weighted by atomic mass is 9.78. The highest BCUT2D eigenvalue weighted by molar-refractivity contribution is 6.19. The van der Waals surface area contributed by atoms with Gasteiger partial charge in [-0.15, -0.1) is 0 Å². The van der Waals surface area contributed by atoms with Crippen molar-refractivity contribution in [2.45, 2.75) is 0 Å². The van der Waals surface area contributed by atoms with Crippen LogP contribution in [0.4, 0.5) is 17.1 Å². The normalized spacial score (nSPS) is 11.2. The average Bonchev–Trinajstić information content (AvgIpc) is 3.30. The Kier molecular flexibility index (Phi) is 8.95. The molecule has 10 aromatic carbocycles. The van der Waals surface area contributed by atoms with Crippen LogP contribution in [0, 0.1) is 0 Å². The van der Waals surface area contributed by atoms with E-state index in [1.54, 1.807) is 0 Å². The maximum Gasteiger partial charge on any atom is 0.0540 e. The van der Waals surface area contributed by atoms with E-state index in [-0.39, 0.29) is 0 Å². The zero-order chi connectivity index (χ0) is 38.0. The summed E-state index contributed by atoms with van der Waals surface area (Å²) in [6.45, 7) is 0. The highest BCUT2D eigenvalue weighted by Crippen LogP contribution is 2.52. The molecule has 0 saturated heterocycles. The van der Waals surface area contributed by atoms with Crippen LogP contribution in [0.2, 0.25) is 0 Å². The molecule has 0 saturated carbocycles. The molecule has 0 fully saturated rings. The summed E-state index contributed by atoms with van der Waals surface area (Å²) in [6, 6.07) is 85.6. The van der Waals surface area contributed by atoms with Crippen molar-refractivity contribution < 1.29 is 0 Å². The van der Waals surface area contributed by atoms with Crippen LogP contribution in [0.5, 0.6) is 0 Å². The Labute approximate surface area is 334 Å². The standard InChI is InChI=1S/C56H39N/c1-7-21-40(22-8-1)53-50-38-37-44(47-33-19-35-49-48(47)34-20-36-52(49)57(45-29-15-5-16-30-45)46-31-17-6-18-32-46)39-51(50)54(41-23-9-2-10-24-41)56(43-27-13-4-14-28-43)55(53)42-25-11-3-12-26-42/h1-39H. The van der Waals surface area contributed by atoms with Crippen molar-refractivity contribution in [3.63, 3.8) is 0 Å². The third kappa shape index (κ3) is 6.26. The highest BCUT2D eigenvalue weighted by atomic mass is 15.1. The first kappa shape index (κ1) is 34.0. The van der Waals surface area contributed by atoms with E-state index in [2.05, 4.69) is 241 Å². The number of anilines is 3. The molecule has 0 atom stereocenters. The molecule has 57 heavy (non-hydrogen) atoms. The first-order valence-electron chi connectivity index (χ1n) is 19.6. The number of nitrogens with zero attached hydrogens (tertiary/aromatic N) is 1. The van der Waals surface area contributed by atoms with Gasteiger partial charge in [-0.05, 0) is 108 Å². The number of benzene rings is 10. The summed E-state index contributed by atoms with van der Waals surface area (Å²) in [5, 5.41) is 4.85. The van der Waals surface area contributed by atoms with E-state index < -0.39 is 0 Å². The average molecular weight is 726 g/mol. The Morgan fingerprint density at radius 1 is 0.228 bits per heavy atom. The molecular weight excluding hydrogens is 687 g/mol. The lowest BCUT2D eigenvalue weighted by Crippen LogP contribution is -2.10. The molecule has 0 aliphatic rings. The molecule has 0 bridgehead atoms. The molecule has 0 radical (unpaired) electrons. The fourth-order valence-electron chi connectivity index (χ4n) is 8.57. The second-order valence-electron chi connectivity index (χ2n) is 14.4. The van der Waals surface area contributed by atoms with Gasteiger partial charge in [0.25, 0.3) is 0 Å². The fraction of sp³-hybridized carbons (Fsp3) is 0. The van der Waals surface area contributed by atoms with Gasteiger partial charge in [0.1, 0.15) is 0 Å². The minimum atomic E-state index is 1.12. The van der Waals surface area contributed by atoms with E-state index in [0.717, 1.165) is 17.1 Å². The second-order valence-corrected chi connectivity index (χ2v) is 14.4. The first-order chi connectivity index (χ1) is 28.3. The van der Waals surface area contributed by atoms with Crippen LogP contribution in [0.25, 0.3) is 77.2 Å². The Hall–Kier alpha value is -7.48. The van der Waals surface area contributed by atoms with E-state index >= 15 is 0 Å². The van der Waals surface area contributed by atoms with Crippen molar-refractivity contribution >= 4 is 38.6 Å². The van der Waals surface area contributed by atoms with Gasteiger partial charge in [-0.2, -0.15) is 0 Å². The summed E-state index contributed by atoms with van der Waals surface area (Å²) in [6.07, 6.45) is 0. The predicted molar refractivity (Wildman–Crippen MR) is 243 cm³/mol. The monoisotopic (exact) mass is 725 g/mol. The smallest absolute Gasteiger partial charge is 0.0540 e. The Bertz CT molecular complexity index is 2920. The van der Waals surface area contributed by atoms with Crippen LogP contribution in [0.15, 0.2) is 237 Å². The van der Waals surface area contributed by atoms with Gasteiger partial charge >= 0.3 is 0 Å². The maximum absolute atomic E-state index is 2.44. The minimum absolute atomic E-state index is 1.12. The molecule has 268 valence electrons. The minimum Gasteiger partial charge on any atom is -0.310 e. The van der Waals surface area contributed by atoms with Gasteiger partial charge in [0.15, 0.2) is 0 Å². The molecule has 10 rings (SSSR count). The molecule has 0 aliphatic heterocycles. The zero-order valence-corrected chi connectivity index (χ0v) is 31.5. The molecule has 0 aromatic heterocycles. The fourth-order valence-corrected chi connectivity index (χ4v) is 8.57. The number of rotatable bonds is 8. The van der Waals surface area contributed by atoms with Gasteiger partial charge in [-0.25, -0.2) is 0 Å². The lowest BCUT2D eigenvalue weighted by molar-refractivity contribution is 1.30. The van der Waals surface area contributed by atoms with Crippen LogP contribution in [-0.2, 0) is 0 Å². The molecule has 1 nitrogen and oxygen atoms in total. The van der Waals surface area contributed by atoms with Crippen molar-refractivity contribution in [1.82, 2.24) is 0 Å². The Morgan fingerprint density at radius 2 is 0.632 bits per heavy atom. The van der Waals surface area contributed by atoms with Gasteiger partial charge in [-0.1, -0.05) is 200 Å². The van der Waals surface area contributed by atoms with Crippen molar-refractivity contribution in [3.8, 4) is 55.6 Å². The van der Waals surface area contributed by atoms with Crippen molar-refractivity contribution in [1.29, 1.82) is 0 Å². The molecule has 0 unspecified atom stereocenters. The number of hydrogen-bond donors (Lipinski definition) is 0. The van der Waals surface area contributed by atoms with Gasteiger partial charge < -0.3 is 4.90 Å². The quantitative estimate of drug-likeness (QED) is 0.151. The van der Waals surface area contributed by atoms with Crippen LogP contribution in [0.1, 0.15) is 0 Å². The molecule has 0 heterocycles. The van der Waals surface area contributed by atoms with Gasteiger partial charge in [0.2, 0.25) is 0 Å². The summed E-state index contributed by atoms with van der Waals surface area (Å²) in [4.78, 5) is 2.36. The third-order valence-electron chi connectivity index (χ3n) is 11.0. The van der Waals surface area contributed by atoms with E-state index in [1.165, 1.54) is 77.2 Å². The number of fused-ring (bicyclic) bond motifs is 2. The van der Waals surface area contributed by atoms with Gasteiger partial charge in [0, 0.05) is 16.8 Å². The topological polar surface area (TPSA) is 3.24 Å². The number of para-hydroxylation sites is 2.